The molecule has 0 aliphatic carbocycles. The van der Waals surface area contributed by atoms with E-state index >= 15 is 0 Å². The van der Waals surface area contributed by atoms with E-state index in [1.165, 1.54) is 12.8 Å². The van der Waals surface area contributed by atoms with Crippen LogP contribution in [0.3, 0.4) is 0 Å². The molecule has 0 amide bonds. The van der Waals surface area contributed by atoms with Gasteiger partial charge in [-0.3, -0.25) is 14.5 Å². The second kappa shape index (κ2) is 10.0. The van der Waals surface area contributed by atoms with E-state index < -0.39 is 0 Å². The van der Waals surface area contributed by atoms with Gasteiger partial charge in [0.2, 0.25) is 0 Å². The van der Waals surface area contributed by atoms with E-state index in [4.69, 9.17) is 16.3 Å². The summed E-state index contributed by atoms with van der Waals surface area (Å²) in [6.07, 6.45) is 5.08. The first kappa shape index (κ1) is 21.5. The first-order chi connectivity index (χ1) is 14.0. The number of Topliss-reactive ketones (excluding diaryl/α,β-unsaturated/α-hetero) is 2. The maximum absolute atomic E-state index is 13.5. The number of hydrogen-bond acceptors (Lipinski definition) is 4. The van der Waals surface area contributed by atoms with Crippen molar-refractivity contribution in [3.05, 3.63) is 64.2 Å². The SMILES string of the molecule is COc1ccc(C(C)=O)cc1C[C@H](C(=O)c1ccc(Cl)cc1)N1CCCCCC1. The van der Waals surface area contributed by atoms with Crippen molar-refractivity contribution in [1.29, 1.82) is 0 Å². The lowest BCUT2D eigenvalue weighted by atomic mass is 9.94. The largest absolute Gasteiger partial charge is 0.496 e. The van der Waals surface area contributed by atoms with E-state index in [1.807, 2.05) is 12.1 Å². The molecule has 0 unspecified atom stereocenters. The summed E-state index contributed by atoms with van der Waals surface area (Å²) in [5.41, 5.74) is 2.18. The molecule has 1 aliphatic heterocycles. The zero-order chi connectivity index (χ0) is 20.8. The van der Waals surface area contributed by atoms with Crippen LogP contribution in [-0.2, 0) is 6.42 Å². The second-order valence-electron chi connectivity index (χ2n) is 7.62. The molecule has 29 heavy (non-hydrogen) atoms. The van der Waals surface area contributed by atoms with Gasteiger partial charge >= 0.3 is 0 Å². The van der Waals surface area contributed by atoms with E-state index in [-0.39, 0.29) is 17.6 Å². The molecule has 0 N–H and O–H groups in total. The van der Waals surface area contributed by atoms with Crippen molar-refractivity contribution < 1.29 is 14.3 Å². The number of ether oxygens (including phenoxy) is 1. The Morgan fingerprint density at radius 2 is 1.62 bits per heavy atom. The molecule has 0 spiro atoms. The van der Waals surface area contributed by atoms with Crippen LogP contribution in [0.25, 0.3) is 0 Å². The molecule has 0 radical (unpaired) electrons. The molecular weight excluding hydrogens is 386 g/mol. The van der Waals surface area contributed by atoms with E-state index in [0.29, 0.717) is 28.3 Å². The van der Waals surface area contributed by atoms with Crippen molar-refractivity contribution in [1.82, 2.24) is 4.90 Å². The van der Waals surface area contributed by atoms with Gasteiger partial charge < -0.3 is 4.74 Å². The highest BCUT2D eigenvalue weighted by Gasteiger charge is 2.29. The highest BCUT2D eigenvalue weighted by atomic mass is 35.5. The Morgan fingerprint density at radius 3 is 2.21 bits per heavy atom. The molecule has 3 rings (SSSR count). The maximum Gasteiger partial charge on any atom is 0.180 e. The smallest absolute Gasteiger partial charge is 0.180 e. The predicted octanol–water partition coefficient (Wildman–Crippen LogP) is 5.22. The van der Waals surface area contributed by atoms with Gasteiger partial charge in [-0.1, -0.05) is 24.4 Å². The van der Waals surface area contributed by atoms with Crippen LogP contribution in [0, 0.1) is 0 Å². The van der Waals surface area contributed by atoms with Gasteiger partial charge in [-0.05, 0) is 87.3 Å². The minimum Gasteiger partial charge on any atom is -0.496 e. The van der Waals surface area contributed by atoms with Gasteiger partial charge in [0.05, 0.1) is 13.2 Å². The van der Waals surface area contributed by atoms with Crippen molar-refractivity contribution in [2.75, 3.05) is 20.2 Å². The highest BCUT2D eigenvalue weighted by molar-refractivity contribution is 6.30. The normalized spacial score (nSPS) is 16.1. The number of methoxy groups -OCH3 is 1. The molecule has 154 valence electrons. The number of hydrogen-bond donors (Lipinski definition) is 0. The predicted molar refractivity (Wildman–Crippen MR) is 116 cm³/mol. The van der Waals surface area contributed by atoms with E-state index in [1.54, 1.807) is 44.4 Å². The second-order valence-corrected chi connectivity index (χ2v) is 8.06. The molecule has 2 aromatic carbocycles. The van der Waals surface area contributed by atoms with Gasteiger partial charge in [0, 0.05) is 16.1 Å². The summed E-state index contributed by atoms with van der Waals surface area (Å²) < 4.78 is 5.54. The number of likely N-dealkylation sites (tertiary alicyclic amines) is 1. The summed E-state index contributed by atoms with van der Waals surface area (Å²) in [5.74, 6) is 0.793. The summed E-state index contributed by atoms with van der Waals surface area (Å²) >= 11 is 6.01. The fourth-order valence-corrected chi connectivity index (χ4v) is 4.09. The Labute approximate surface area is 177 Å². The van der Waals surface area contributed by atoms with Crippen molar-refractivity contribution in [2.24, 2.45) is 0 Å². The Balaban J connectivity index is 1.96. The lowest BCUT2D eigenvalue weighted by Gasteiger charge is -2.30. The van der Waals surface area contributed by atoms with Crippen LogP contribution in [0.2, 0.25) is 5.02 Å². The van der Waals surface area contributed by atoms with E-state index in [2.05, 4.69) is 4.90 Å². The Bertz CT molecular complexity index is 855. The average Bonchev–Trinajstić information content (AvgIpc) is 3.01. The van der Waals surface area contributed by atoms with Crippen LogP contribution < -0.4 is 4.74 Å². The number of benzene rings is 2. The molecule has 4 nitrogen and oxygen atoms in total. The fraction of sp³-hybridized carbons (Fsp3) is 0.417. The monoisotopic (exact) mass is 413 g/mol. The molecule has 1 heterocycles. The zero-order valence-electron chi connectivity index (χ0n) is 17.1. The summed E-state index contributed by atoms with van der Waals surface area (Å²) in [4.78, 5) is 27.7. The molecule has 1 saturated heterocycles. The number of nitrogens with zero attached hydrogens (tertiary/aromatic N) is 1. The van der Waals surface area contributed by atoms with E-state index in [9.17, 15) is 9.59 Å². The van der Waals surface area contributed by atoms with Gasteiger partial charge in [-0.15, -0.1) is 0 Å². The summed E-state index contributed by atoms with van der Waals surface area (Å²) in [6.45, 7) is 3.36. The lowest BCUT2D eigenvalue weighted by Crippen LogP contribution is -2.43. The third-order valence-corrected chi connectivity index (χ3v) is 5.86. The number of halogens is 1. The van der Waals surface area contributed by atoms with Gasteiger partial charge in [-0.2, -0.15) is 0 Å². The topological polar surface area (TPSA) is 46.6 Å². The molecule has 0 aromatic heterocycles. The molecule has 5 heteroatoms. The molecule has 1 atom stereocenters. The molecule has 0 saturated carbocycles. The highest BCUT2D eigenvalue weighted by Crippen LogP contribution is 2.26. The summed E-state index contributed by atoms with van der Waals surface area (Å²) in [5, 5.41) is 0.615. The number of carbonyl (C=O) groups is 2. The van der Waals surface area contributed by atoms with Gasteiger partial charge in [0.15, 0.2) is 11.6 Å². The maximum atomic E-state index is 13.5. The van der Waals surface area contributed by atoms with Gasteiger partial charge in [0.1, 0.15) is 5.75 Å². The minimum atomic E-state index is -0.301. The van der Waals surface area contributed by atoms with Crippen LogP contribution in [0.5, 0.6) is 5.75 Å². The van der Waals surface area contributed by atoms with Crippen molar-refractivity contribution >= 4 is 23.2 Å². The molecule has 1 aliphatic rings. The summed E-state index contributed by atoms with van der Waals surface area (Å²) in [7, 11) is 1.62. The molecular formula is C24H28ClNO3. The Hall–Kier alpha value is -2.17. The quantitative estimate of drug-likeness (QED) is 0.583. The summed E-state index contributed by atoms with van der Waals surface area (Å²) in [6, 6.07) is 12.2. The Kier molecular flexibility index (Phi) is 7.45. The molecule has 2 aromatic rings. The third kappa shape index (κ3) is 5.46. The first-order valence-corrected chi connectivity index (χ1v) is 10.6. The fourth-order valence-electron chi connectivity index (χ4n) is 3.97. The van der Waals surface area contributed by atoms with Crippen LogP contribution >= 0.6 is 11.6 Å². The number of rotatable bonds is 7. The van der Waals surface area contributed by atoms with Gasteiger partial charge in [-0.25, -0.2) is 0 Å². The average molecular weight is 414 g/mol. The lowest BCUT2D eigenvalue weighted by molar-refractivity contribution is 0.0820. The third-order valence-electron chi connectivity index (χ3n) is 5.61. The first-order valence-electron chi connectivity index (χ1n) is 10.2. The van der Waals surface area contributed by atoms with Crippen molar-refractivity contribution in [3.8, 4) is 5.75 Å². The van der Waals surface area contributed by atoms with Crippen LogP contribution in [-0.4, -0.2) is 42.7 Å². The Morgan fingerprint density at radius 1 is 1.00 bits per heavy atom. The van der Waals surface area contributed by atoms with Crippen molar-refractivity contribution in [3.63, 3.8) is 0 Å². The standard InChI is InChI=1S/C24H28ClNO3/c1-17(27)19-9-12-23(29-2)20(15-19)16-22(26-13-5-3-4-6-14-26)24(28)18-7-10-21(25)11-8-18/h7-12,15,22H,3-6,13-14,16H2,1-2H3/t22-/m1/s1. The van der Waals surface area contributed by atoms with Crippen LogP contribution in [0.15, 0.2) is 42.5 Å². The van der Waals surface area contributed by atoms with Gasteiger partial charge in [0.25, 0.3) is 0 Å². The number of carbonyl (C=O) groups excluding carboxylic acids is 2. The van der Waals surface area contributed by atoms with E-state index in [0.717, 1.165) is 31.5 Å². The minimum absolute atomic E-state index is 0.00394. The van der Waals surface area contributed by atoms with Crippen LogP contribution in [0.4, 0.5) is 0 Å². The molecule has 0 bridgehead atoms. The van der Waals surface area contributed by atoms with Crippen LogP contribution in [0.1, 0.15) is 58.9 Å². The molecule has 1 fully saturated rings. The zero-order valence-corrected chi connectivity index (χ0v) is 17.9. The van der Waals surface area contributed by atoms with Crippen molar-refractivity contribution in [2.45, 2.75) is 45.1 Å². The number of ketones is 2.